The molecule has 0 saturated heterocycles. The van der Waals surface area contributed by atoms with Gasteiger partial charge in [0.1, 0.15) is 18.1 Å². The molecular formula is C20H25NO3. The fourth-order valence-electron chi connectivity index (χ4n) is 2.31. The molecule has 0 aliphatic carbocycles. The van der Waals surface area contributed by atoms with Gasteiger partial charge in [0, 0.05) is 0 Å². The molecule has 1 N–H and O–H groups in total. The van der Waals surface area contributed by atoms with Crippen LogP contribution < -0.4 is 14.8 Å². The van der Waals surface area contributed by atoms with Gasteiger partial charge < -0.3 is 14.8 Å². The van der Waals surface area contributed by atoms with Crippen molar-refractivity contribution < 1.29 is 14.3 Å². The molecule has 0 heterocycles. The molecule has 0 aliphatic heterocycles. The number of rotatable bonds is 7. The molecule has 2 aromatic carbocycles. The fourth-order valence-corrected chi connectivity index (χ4v) is 2.31. The van der Waals surface area contributed by atoms with E-state index in [0.29, 0.717) is 18.9 Å². The molecule has 0 aromatic heterocycles. The Bertz CT molecular complexity index is 697. The monoisotopic (exact) mass is 327 g/mol. The van der Waals surface area contributed by atoms with Gasteiger partial charge in [-0.25, -0.2) is 0 Å². The Morgan fingerprint density at radius 1 is 1.12 bits per heavy atom. The van der Waals surface area contributed by atoms with Crippen molar-refractivity contribution in [2.45, 2.75) is 33.8 Å². The van der Waals surface area contributed by atoms with Gasteiger partial charge in [-0.1, -0.05) is 24.3 Å². The molecular weight excluding hydrogens is 302 g/mol. The Morgan fingerprint density at radius 3 is 2.62 bits per heavy atom. The molecule has 1 atom stereocenters. The van der Waals surface area contributed by atoms with E-state index in [-0.39, 0.29) is 5.91 Å². The maximum atomic E-state index is 12.1. The van der Waals surface area contributed by atoms with Crippen molar-refractivity contribution in [3.8, 4) is 11.5 Å². The highest BCUT2D eigenvalue weighted by Gasteiger charge is 2.14. The predicted octanol–water partition coefficient (Wildman–Crippen LogP) is 3.57. The number of benzene rings is 2. The Morgan fingerprint density at radius 2 is 1.88 bits per heavy atom. The van der Waals surface area contributed by atoms with E-state index < -0.39 is 6.10 Å². The lowest BCUT2D eigenvalue weighted by Crippen LogP contribution is -2.38. The van der Waals surface area contributed by atoms with Crippen LogP contribution in [0.3, 0.4) is 0 Å². The van der Waals surface area contributed by atoms with Crippen molar-refractivity contribution >= 4 is 5.91 Å². The highest BCUT2D eigenvalue weighted by atomic mass is 16.5. The minimum absolute atomic E-state index is 0.152. The number of aryl methyl sites for hydroxylation is 2. The molecule has 0 bridgehead atoms. The van der Waals surface area contributed by atoms with Gasteiger partial charge in [-0.15, -0.1) is 0 Å². The average molecular weight is 327 g/mol. The molecule has 0 saturated carbocycles. The summed E-state index contributed by atoms with van der Waals surface area (Å²) in [5.41, 5.74) is 3.42. The summed E-state index contributed by atoms with van der Waals surface area (Å²) < 4.78 is 11.4. The largest absolute Gasteiger partial charge is 0.491 e. The lowest BCUT2D eigenvalue weighted by molar-refractivity contribution is -0.127. The molecule has 0 unspecified atom stereocenters. The second-order valence-electron chi connectivity index (χ2n) is 5.91. The van der Waals surface area contributed by atoms with Crippen molar-refractivity contribution in [3.05, 3.63) is 59.2 Å². The van der Waals surface area contributed by atoms with Crippen LogP contribution in [0.4, 0.5) is 0 Å². The number of hydrogen-bond donors (Lipinski definition) is 1. The lowest BCUT2D eigenvalue weighted by Gasteiger charge is -2.16. The molecule has 2 aromatic rings. The maximum absolute atomic E-state index is 12.1. The molecule has 1 amide bonds. The Hall–Kier alpha value is -2.49. The van der Waals surface area contributed by atoms with Crippen molar-refractivity contribution in [2.75, 3.05) is 13.2 Å². The normalized spacial score (nSPS) is 11.7. The van der Waals surface area contributed by atoms with Crippen molar-refractivity contribution in [2.24, 2.45) is 0 Å². The topological polar surface area (TPSA) is 47.6 Å². The molecule has 128 valence electrons. The number of nitrogens with one attached hydrogen (secondary N) is 1. The van der Waals surface area contributed by atoms with Crippen LogP contribution >= 0.6 is 0 Å². The fraction of sp³-hybridized carbons (Fsp3) is 0.350. The van der Waals surface area contributed by atoms with Crippen LogP contribution in [0.25, 0.3) is 0 Å². The molecule has 0 radical (unpaired) electrons. The predicted molar refractivity (Wildman–Crippen MR) is 95.7 cm³/mol. The molecule has 24 heavy (non-hydrogen) atoms. The third-order valence-electron chi connectivity index (χ3n) is 3.89. The number of carbonyl (C=O) groups excluding carboxylic acids is 1. The van der Waals surface area contributed by atoms with Crippen LogP contribution in [0.15, 0.2) is 42.5 Å². The van der Waals surface area contributed by atoms with E-state index in [9.17, 15) is 4.79 Å². The number of amides is 1. The van der Waals surface area contributed by atoms with Crippen LogP contribution in [0.5, 0.6) is 11.5 Å². The Labute approximate surface area is 143 Å². The summed E-state index contributed by atoms with van der Waals surface area (Å²) in [5, 5.41) is 2.83. The van der Waals surface area contributed by atoms with E-state index in [1.54, 1.807) is 6.92 Å². The first-order valence-corrected chi connectivity index (χ1v) is 8.17. The van der Waals surface area contributed by atoms with Gasteiger partial charge in [0.2, 0.25) is 0 Å². The van der Waals surface area contributed by atoms with Crippen molar-refractivity contribution in [1.29, 1.82) is 0 Å². The smallest absolute Gasteiger partial charge is 0.260 e. The minimum Gasteiger partial charge on any atom is -0.491 e. The first-order chi connectivity index (χ1) is 11.5. The molecule has 4 heteroatoms. The Kier molecular flexibility index (Phi) is 6.24. The van der Waals surface area contributed by atoms with Crippen LogP contribution in [-0.2, 0) is 4.79 Å². The zero-order valence-corrected chi connectivity index (χ0v) is 14.8. The van der Waals surface area contributed by atoms with Crippen molar-refractivity contribution in [1.82, 2.24) is 5.32 Å². The zero-order chi connectivity index (χ0) is 17.5. The average Bonchev–Trinajstić information content (AvgIpc) is 2.55. The van der Waals surface area contributed by atoms with Crippen LogP contribution in [-0.4, -0.2) is 25.2 Å². The van der Waals surface area contributed by atoms with Gasteiger partial charge in [0.05, 0.1) is 6.54 Å². The summed E-state index contributed by atoms with van der Waals surface area (Å²) in [6.45, 7) is 8.67. The van der Waals surface area contributed by atoms with Gasteiger partial charge >= 0.3 is 0 Å². The first kappa shape index (κ1) is 17.9. The third-order valence-corrected chi connectivity index (χ3v) is 3.89. The summed E-state index contributed by atoms with van der Waals surface area (Å²) in [5.74, 6) is 1.40. The summed E-state index contributed by atoms with van der Waals surface area (Å²) >= 11 is 0. The molecule has 4 nitrogen and oxygen atoms in total. The van der Waals surface area contributed by atoms with Gasteiger partial charge in [-0.3, -0.25) is 4.79 Å². The molecule has 0 spiro atoms. The number of hydrogen-bond acceptors (Lipinski definition) is 3. The number of carbonyl (C=O) groups is 1. The summed E-state index contributed by atoms with van der Waals surface area (Å²) in [6.07, 6.45) is -0.549. The SMILES string of the molecule is Cc1cccc(O[C@H](C)C(=O)NCCOc2cccc(C)c2C)c1. The van der Waals surface area contributed by atoms with E-state index >= 15 is 0 Å². The van der Waals surface area contributed by atoms with Gasteiger partial charge in [0.25, 0.3) is 5.91 Å². The second-order valence-corrected chi connectivity index (χ2v) is 5.91. The van der Waals surface area contributed by atoms with Crippen LogP contribution in [0.1, 0.15) is 23.6 Å². The van der Waals surface area contributed by atoms with Crippen molar-refractivity contribution in [3.63, 3.8) is 0 Å². The highest BCUT2D eigenvalue weighted by molar-refractivity contribution is 5.80. The van der Waals surface area contributed by atoms with E-state index in [0.717, 1.165) is 16.9 Å². The second kappa shape index (κ2) is 8.39. The highest BCUT2D eigenvalue weighted by Crippen LogP contribution is 2.20. The van der Waals surface area contributed by atoms with Gasteiger partial charge in [-0.05, 0) is 62.6 Å². The quantitative estimate of drug-likeness (QED) is 0.791. The van der Waals surface area contributed by atoms with E-state index in [2.05, 4.69) is 5.32 Å². The number of ether oxygens (including phenoxy) is 2. The van der Waals surface area contributed by atoms with Crippen LogP contribution in [0, 0.1) is 20.8 Å². The zero-order valence-electron chi connectivity index (χ0n) is 14.8. The lowest BCUT2D eigenvalue weighted by atomic mass is 10.1. The minimum atomic E-state index is -0.549. The molecule has 0 fully saturated rings. The Balaban J connectivity index is 1.75. The third kappa shape index (κ3) is 5.01. The molecule has 2 rings (SSSR count). The first-order valence-electron chi connectivity index (χ1n) is 8.17. The summed E-state index contributed by atoms with van der Waals surface area (Å²) in [4.78, 5) is 12.1. The van der Waals surface area contributed by atoms with Gasteiger partial charge in [-0.2, -0.15) is 0 Å². The molecule has 0 aliphatic rings. The standard InChI is InChI=1S/C20H25NO3/c1-14-7-5-9-18(13-14)24-17(4)20(22)21-11-12-23-19-10-6-8-15(2)16(19)3/h5-10,13,17H,11-12H2,1-4H3,(H,21,22)/t17-/m1/s1. The van der Waals surface area contributed by atoms with E-state index in [4.69, 9.17) is 9.47 Å². The van der Waals surface area contributed by atoms with Gasteiger partial charge in [0.15, 0.2) is 6.10 Å². The summed E-state index contributed by atoms with van der Waals surface area (Å²) in [6, 6.07) is 13.6. The van der Waals surface area contributed by atoms with Crippen LogP contribution in [0.2, 0.25) is 0 Å². The van der Waals surface area contributed by atoms with E-state index in [1.165, 1.54) is 5.56 Å². The maximum Gasteiger partial charge on any atom is 0.260 e. The van der Waals surface area contributed by atoms with E-state index in [1.807, 2.05) is 63.2 Å². The summed E-state index contributed by atoms with van der Waals surface area (Å²) in [7, 11) is 0.